The molecule has 0 fully saturated rings. The highest BCUT2D eigenvalue weighted by molar-refractivity contribution is 5.59. The van der Waals surface area contributed by atoms with Crippen LogP contribution in [0.3, 0.4) is 0 Å². The molecular weight excluding hydrogens is 268 g/mol. The van der Waals surface area contributed by atoms with Crippen LogP contribution in [-0.4, -0.2) is 20.4 Å². The molecule has 0 aliphatic rings. The van der Waals surface area contributed by atoms with E-state index in [1.165, 1.54) is 0 Å². The molecule has 2 N–H and O–H groups in total. The summed E-state index contributed by atoms with van der Waals surface area (Å²) in [5.74, 6) is 1.44. The van der Waals surface area contributed by atoms with Gasteiger partial charge in [0.25, 0.3) is 5.89 Å². The Labute approximate surface area is 121 Å². The lowest BCUT2D eigenvalue weighted by atomic mass is 10.1. The van der Waals surface area contributed by atoms with Gasteiger partial charge in [0.2, 0.25) is 0 Å². The molecule has 1 aromatic heterocycles. The van der Waals surface area contributed by atoms with Gasteiger partial charge in [0, 0.05) is 12.0 Å². The number of aromatic hydroxyl groups is 2. The molecule has 0 radical (unpaired) electrons. The number of benzene rings is 2. The van der Waals surface area contributed by atoms with Gasteiger partial charge < -0.3 is 14.7 Å². The molecule has 0 aliphatic heterocycles. The van der Waals surface area contributed by atoms with Gasteiger partial charge in [0.05, 0.1) is 0 Å². The largest absolute Gasteiger partial charge is 0.508 e. The Kier molecular flexibility index (Phi) is 3.31. The molecule has 0 amide bonds. The minimum Gasteiger partial charge on any atom is -0.508 e. The molecule has 1 heterocycles. The van der Waals surface area contributed by atoms with Crippen molar-refractivity contribution in [1.29, 1.82) is 0 Å². The second-order valence-corrected chi connectivity index (χ2v) is 4.86. The first kappa shape index (κ1) is 13.2. The van der Waals surface area contributed by atoms with E-state index in [0.29, 0.717) is 18.1 Å². The van der Waals surface area contributed by atoms with Crippen LogP contribution in [0.4, 0.5) is 0 Å². The molecule has 0 aliphatic carbocycles. The Morgan fingerprint density at radius 3 is 2.43 bits per heavy atom. The summed E-state index contributed by atoms with van der Waals surface area (Å²) >= 11 is 0. The van der Waals surface area contributed by atoms with E-state index in [1.54, 1.807) is 30.3 Å². The maximum absolute atomic E-state index is 9.42. The summed E-state index contributed by atoms with van der Waals surface area (Å²) < 4.78 is 5.28. The lowest BCUT2D eigenvalue weighted by Gasteiger charge is -2.00. The van der Waals surface area contributed by atoms with E-state index >= 15 is 0 Å². The standard InChI is InChI=1S/C16H14N2O3/c1-10-8-13(20)6-7-14(10)16-17-15(18-21-16)9-11-2-4-12(19)5-3-11/h2-8,19-20H,9H2,1H3. The minimum absolute atomic E-state index is 0.208. The molecule has 106 valence electrons. The van der Waals surface area contributed by atoms with E-state index in [4.69, 9.17) is 4.52 Å². The van der Waals surface area contributed by atoms with Gasteiger partial charge in [-0.25, -0.2) is 0 Å². The number of hydrogen-bond acceptors (Lipinski definition) is 5. The van der Waals surface area contributed by atoms with Gasteiger partial charge in [0.15, 0.2) is 5.82 Å². The molecule has 5 heteroatoms. The fraction of sp³-hybridized carbons (Fsp3) is 0.125. The molecule has 0 spiro atoms. The van der Waals surface area contributed by atoms with Crippen LogP contribution < -0.4 is 0 Å². The van der Waals surface area contributed by atoms with Gasteiger partial charge >= 0.3 is 0 Å². The van der Waals surface area contributed by atoms with E-state index < -0.39 is 0 Å². The average Bonchev–Trinajstić information content (AvgIpc) is 2.90. The summed E-state index contributed by atoms with van der Waals surface area (Å²) in [6, 6.07) is 11.9. The summed E-state index contributed by atoms with van der Waals surface area (Å²) in [6.07, 6.45) is 0.529. The van der Waals surface area contributed by atoms with Crippen molar-refractivity contribution in [3.63, 3.8) is 0 Å². The molecule has 2 aromatic carbocycles. The first-order valence-corrected chi connectivity index (χ1v) is 6.52. The zero-order valence-electron chi connectivity index (χ0n) is 11.4. The Balaban J connectivity index is 1.84. The fourth-order valence-electron chi connectivity index (χ4n) is 2.12. The molecular formula is C16H14N2O3. The van der Waals surface area contributed by atoms with Crippen LogP contribution in [0.1, 0.15) is 17.0 Å². The van der Waals surface area contributed by atoms with Crippen molar-refractivity contribution in [2.45, 2.75) is 13.3 Å². The van der Waals surface area contributed by atoms with Crippen LogP contribution in [0.15, 0.2) is 47.0 Å². The third-order valence-electron chi connectivity index (χ3n) is 3.21. The average molecular weight is 282 g/mol. The van der Waals surface area contributed by atoms with Crippen molar-refractivity contribution in [1.82, 2.24) is 10.1 Å². The summed E-state index contributed by atoms with van der Waals surface area (Å²) in [4.78, 5) is 4.37. The smallest absolute Gasteiger partial charge is 0.258 e. The molecule has 3 rings (SSSR count). The number of phenolic OH excluding ortho intramolecular Hbond substituents is 2. The third-order valence-corrected chi connectivity index (χ3v) is 3.21. The molecule has 5 nitrogen and oxygen atoms in total. The van der Waals surface area contributed by atoms with Crippen molar-refractivity contribution in [3.05, 3.63) is 59.4 Å². The van der Waals surface area contributed by atoms with Crippen LogP contribution >= 0.6 is 0 Å². The summed E-state index contributed by atoms with van der Waals surface area (Å²) in [7, 11) is 0. The van der Waals surface area contributed by atoms with Gasteiger partial charge in [-0.15, -0.1) is 0 Å². The fourth-order valence-corrected chi connectivity index (χ4v) is 2.12. The maximum atomic E-state index is 9.42. The zero-order chi connectivity index (χ0) is 14.8. The van der Waals surface area contributed by atoms with Crippen LogP contribution in [0.2, 0.25) is 0 Å². The summed E-state index contributed by atoms with van der Waals surface area (Å²) in [5.41, 5.74) is 2.66. The number of phenols is 2. The molecule has 0 unspecified atom stereocenters. The summed E-state index contributed by atoms with van der Waals surface area (Å²) in [5, 5.41) is 22.6. The summed E-state index contributed by atoms with van der Waals surface area (Å²) in [6.45, 7) is 1.87. The number of hydrogen-bond donors (Lipinski definition) is 2. The Morgan fingerprint density at radius 1 is 1.00 bits per heavy atom. The van der Waals surface area contributed by atoms with Gasteiger partial charge in [-0.2, -0.15) is 4.98 Å². The van der Waals surface area contributed by atoms with Gasteiger partial charge in [-0.05, 0) is 48.4 Å². The van der Waals surface area contributed by atoms with Crippen LogP contribution in [0.5, 0.6) is 11.5 Å². The van der Waals surface area contributed by atoms with E-state index in [1.807, 2.05) is 19.1 Å². The van der Waals surface area contributed by atoms with E-state index in [9.17, 15) is 10.2 Å². The Morgan fingerprint density at radius 2 is 1.71 bits per heavy atom. The SMILES string of the molecule is Cc1cc(O)ccc1-c1nc(Cc2ccc(O)cc2)no1. The van der Waals surface area contributed by atoms with Crippen molar-refractivity contribution < 1.29 is 14.7 Å². The topological polar surface area (TPSA) is 79.4 Å². The van der Waals surface area contributed by atoms with E-state index in [2.05, 4.69) is 10.1 Å². The normalized spacial score (nSPS) is 10.7. The van der Waals surface area contributed by atoms with Crippen molar-refractivity contribution in [2.24, 2.45) is 0 Å². The number of nitrogens with zero attached hydrogens (tertiary/aromatic N) is 2. The van der Waals surface area contributed by atoms with Gasteiger partial charge in [-0.1, -0.05) is 17.3 Å². The Hall–Kier alpha value is -2.82. The van der Waals surface area contributed by atoms with Crippen LogP contribution in [0, 0.1) is 6.92 Å². The molecule has 0 saturated heterocycles. The van der Waals surface area contributed by atoms with Gasteiger partial charge in [-0.3, -0.25) is 0 Å². The molecule has 3 aromatic rings. The lowest BCUT2D eigenvalue weighted by Crippen LogP contribution is -1.90. The number of aromatic nitrogens is 2. The van der Waals surface area contributed by atoms with Crippen LogP contribution in [0.25, 0.3) is 11.5 Å². The van der Waals surface area contributed by atoms with Crippen molar-refractivity contribution >= 4 is 0 Å². The quantitative estimate of drug-likeness (QED) is 0.771. The highest BCUT2D eigenvalue weighted by Crippen LogP contribution is 2.25. The number of aryl methyl sites for hydroxylation is 1. The molecule has 0 bridgehead atoms. The highest BCUT2D eigenvalue weighted by atomic mass is 16.5. The predicted molar refractivity (Wildman–Crippen MR) is 77.0 cm³/mol. The molecule has 0 atom stereocenters. The highest BCUT2D eigenvalue weighted by Gasteiger charge is 2.12. The number of rotatable bonds is 3. The van der Waals surface area contributed by atoms with E-state index in [-0.39, 0.29) is 11.5 Å². The van der Waals surface area contributed by atoms with Crippen molar-refractivity contribution in [2.75, 3.05) is 0 Å². The lowest BCUT2D eigenvalue weighted by molar-refractivity contribution is 0.423. The Bertz CT molecular complexity index is 763. The second kappa shape index (κ2) is 5.28. The first-order valence-electron chi connectivity index (χ1n) is 6.52. The van der Waals surface area contributed by atoms with Crippen LogP contribution in [-0.2, 0) is 6.42 Å². The minimum atomic E-state index is 0.208. The molecule has 0 saturated carbocycles. The molecule has 21 heavy (non-hydrogen) atoms. The van der Waals surface area contributed by atoms with Crippen molar-refractivity contribution in [3.8, 4) is 23.0 Å². The van der Waals surface area contributed by atoms with Gasteiger partial charge in [0.1, 0.15) is 11.5 Å². The predicted octanol–water partition coefficient (Wildman–Crippen LogP) is 3.05. The zero-order valence-corrected chi connectivity index (χ0v) is 11.4. The first-order chi connectivity index (χ1) is 10.1. The van der Waals surface area contributed by atoms with E-state index in [0.717, 1.165) is 16.7 Å². The monoisotopic (exact) mass is 282 g/mol. The maximum Gasteiger partial charge on any atom is 0.258 e. The third kappa shape index (κ3) is 2.86. The second-order valence-electron chi connectivity index (χ2n) is 4.86.